The van der Waals surface area contributed by atoms with Gasteiger partial charge in [-0.3, -0.25) is 24.5 Å². The lowest BCUT2D eigenvalue weighted by atomic mass is 10.0. The molecule has 3 aromatic rings. The highest BCUT2D eigenvalue weighted by atomic mass is 16.1. The van der Waals surface area contributed by atoms with Gasteiger partial charge in [-0.05, 0) is 48.2 Å². The first kappa shape index (κ1) is 15.6. The third kappa shape index (κ3) is 4.09. The van der Waals surface area contributed by atoms with Gasteiger partial charge in [0.1, 0.15) is 0 Å². The lowest BCUT2D eigenvalue weighted by Crippen LogP contribution is -2.28. The number of primary amides is 1. The highest BCUT2D eigenvalue weighted by molar-refractivity contribution is 5.92. The molecular formula is C22H23N5O2. The number of carbonyl (C=O) groups is 1. The number of amides is 1. The summed E-state index contributed by atoms with van der Waals surface area (Å²) in [7, 11) is 0. The lowest BCUT2D eigenvalue weighted by molar-refractivity contribution is 0.1000. The van der Waals surface area contributed by atoms with Crippen molar-refractivity contribution < 1.29 is 8.91 Å². The van der Waals surface area contributed by atoms with Crippen LogP contribution in [0.25, 0.3) is 16.6 Å². The highest BCUT2D eigenvalue weighted by Gasteiger charge is 2.15. The fourth-order valence-corrected chi connectivity index (χ4v) is 3.46. The van der Waals surface area contributed by atoms with Crippen molar-refractivity contribution in [3.05, 3.63) is 75.5 Å². The Kier molecular flexibility index (Phi) is 4.28. The predicted molar refractivity (Wildman–Crippen MR) is 112 cm³/mol. The first-order valence-corrected chi connectivity index (χ1v) is 9.36. The molecule has 148 valence electrons. The van der Waals surface area contributed by atoms with Gasteiger partial charge >= 0.3 is 0 Å². The van der Waals surface area contributed by atoms with Gasteiger partial charge < -0.3 is 10.7 Å². The molecule has 7 heteroatoms. The van der Waals surface area contributed by atoms with E-state index in [1.165, 1.54) is 6.20 Å². The minimum absolute atomic E-state index is 0.212. The molecule has 0 unspecified atom stereocenters. The van der Waals surface area contributed by atoms with Crippen LogP contribution in [0.3, 0.4) is 0 Å². The fourth-order valence-electron chi connectivity index (χ4n) is 3.46. The summed E-state index contributed by atoms with van der Waals surface area (Å²) in [6.45, 7) is 0.0261. The molecule has 1 aliphatic heterocycles. The van der Waals surface area contributed by atoms with E-state index in [1.54, 1.807) is 18.3 Å². The molecule has 0 aromatic carbocycles. The topological polar surface area (TPSA) is 105 Å². The maximum Gasteiger partial charge on any atom is 0.251 e. The number of rotatable bonds is 5. The van der Waals surface area contributed by atoms with Crippen molar-refractivity contribution in [1.29, 1.82) is 0 Å². The van der Waals surface area contributed by atoms with Crippen molar-refractivity contribution in [3.8, 4) is 0 Å². The van der Waals surface area contributed by atoms with Crippen LogP contribution in [0.5, 0.6) is 0 Å². The Bertz CT molecular complexity index is 1250. The third-order valence-corrected chi connectivity index (χ3v) is 5.09. The molecule has 0 saturated heterocycles. The van der Waals surface area contributed by atoms with Crippen LogP contribution in [0.1, 0.15) is 44.6 Å². The van der Waals surface area contributed by atoms with E-state index in [0.717, 1.165) is 36.3 Å². The van der Waals surface area contributed by atoms with Gasteiger partial charge in [0.25, 0.3) is 5.56 Å². The van der Waals surface area contributed by atoms with Crippen LogP contribution in [-0.2, 0) is 13.0 Å². The van der Waals surface area contributed by atoms with Gasteiger partial charge in [-0.15, -0.1) is 0 Å². The first-order valence-electron chi connectivity index (χ1n) is 10.9. The molecule has 0 aliphatic carbocycles. The largest absolute Gasteiger partial charge is 0.366 e. The van der Waals surface area contributed by atoms with Gasteiger partial charge in [0.05, 0.1) is 22.3 Å². The first-order chi connectivity index (χ1) is 15.2. The number of H-pyrrole nitrogens is 1. The van der Waals surface area contributed by atoms with E-state index in [2.05, 4.69) is 25.9 Å². The van der Waals surface area contributed by atoms with Gasteiger partial charge in [0.2, 0.25) is 5.91 Å². The zero-order valence-electron chi connectivity index (χ0n) is 18.8. The number of aryl methyl sites for hydroxylation is 1. The molecule has 3 N–H and O–H groups in total. The Balaban J connectivity index is 1.45. The molecule has 4 rings (SSSR count). The number of carbonyl (C=O) groups excluding carboxylic acids is 1. The molecule has 3 aromatic heterocycles. The zero-order valence-corrected chi connectivity index (χ0v) is 15.8. The highest BCUT2D eigenvalue weighted by Crippen LogP contribution is 2.22. The summed E-state index contributed by atoms with van der Waals surface area (Å²) in [6, 6.07) is 6.93. The van der Waals surface area contributed by atoms with Crippen molar-refractivity contribution in [2.75, 3.05) is 13.1 Å². The summed E-state index contributed by atoms with van der Waals surface area (Å²) in [6.07, 6.45) is 5.90. The average Bonchev–Trinajstić information content (AvgIpc) is 2.74. The lowest BCUT2D eigenvalue weighted by Gasteiger charge is -2.26. The molecule has 0 fully saturated rings. The molecule has 0 radical (unpaired) electrons. The van der Waals surface area contributed by atoms with Gasteiger partial charge in [0.15, 0.2) is 0 Å². The Morgan fingerprint density at radius 1 is 1.31 bits per heavy atom. The number of hydrogen-bond acceptors (Lipinski definition) is 5. The van der Waals surface area contributed by atoms with Gasteiger partial charge in [-0.1, -0.05) is 12.9 Å². The van der Waals surface area contributed by atoms with Gasteiger partial charge in [0, 0.05) is 41.7 Å². The van der Waals surface area contributed by atoms with E-state index in [0.29, 0.717) is 23.1 Å². The Hall–Kier alpha value is -3.32. The number of pyridine rings is 3. The number of nitrogens with two attached hydrogens (primary N) is 1. The number of nitrogens with one attached hydrogen (secondary N) is 1. The Labute approximate surface area is 172 Å². The van der Waals surface area contributed by atoms with E-state index >= 15 is 0 Å². The SMILES string of the molecule is [2H]C([2H])([2H])Cc1cc2ncc(CN3CC=C(c4ccc(C(N)=O)cn4)CC3)cc2[nH]c1=O. The van der Waals surface area contributed by atoms with Gasteiger partial charge in [-0.2, -0.15) is 0 Å². The van der Waals surface area contributed by atoms with Crippen LogP contribution < -0.4 is 11.3 Å². The van der Waals surface area contributed by atoms with Crippen LogP contribution >= 0.6 is 0 Å². The minimum Gasteiger partial charge on any atom is -0.366 e. The van der Waals surface area contributed by atoms with Crippen molar-refractivity contribution in [2.24, 2.45) is 5.73 Å². The second-order valence-corrected chi connectivity index (χ2v) is 7.09. The summed E-state index contributed by atoms with van der Waals surface area (Å²) >= 11 is 0. The number of hydrogen-bond donors (Lipinski definition) is 2. The monoisotopic (exact) mass is 392 g/mol. The Morgan fingerprint density at radius 3 is 2.90 bits per heavy atom. The fraction of sp³-hybridized carbons (Fsp3) is 0.273. The normalized spacial score (nSPS) is 16.7. The van der Waals surface area contributed by atoms with Crippen LogP contribution in [0.4, 0.5) is 0 Å². The molecule has 0 atom stereocenters. The van der Waals surface area contributed by atoms with E-state index in [-0.39, 0.29) is 12.0 Å². The molecule has 0 saturated carbocycles. The quantitative estimate of drug-likeness (QED) is 0.693. The minimum atomic E-state index is -2.21. The molecule has 1 aliphatic rings. The van der Waals surface area contributed by atoms with Crippen molar-refractivity contribution >= 4 is 22.5 Å². The molecule has 29 heavy (non-hydrogen) atoms. The van der Waals surface area contributed by atoms with E-state index in [4.69, 9.17) is 9.85 Å². The van der Waals surface area contributed by atoms with Gasteiger partial charge in [-0.25, -0.2) is 0 Å². The number of nitrogens with zero attached hydrogens (tertiary/aromatic N) is 3. The van der Waals surface area contributed by atoms with Crippen LogP contribution in [-0.4, -0.2) is 38.8 Å². The summed E-state index contributed by atoms with van der Waals surface area (Å²) in [4.78, 5) is 37.2. The number of aromatic nitrogens is 3. The van der Waals surface area contributed by atoms with E-state index < -0.39 is 18.3 Å². The molecule has 0 bridgehead atoms. The molecule has 4 heterocycles. The second kappa shape index (κ2) is 7.97. The smallest absolute Gasteiger partial charge is 0.251 e. The molecular weight excluding hydrogens is 366 g/mol. The van der Waals surface area contributed by atoms with Crippen molar-refractivity contribution in [3.63, 3.8) is 0 Å². The molecule has 1 amide bonds. The van der Waals surface area contributed by atoms with Crippen molar-refractivity contribution in [1.82, 2.24) is 19.9 Å². The number of aromatic amines is 1. The molecule has 7 nitrogen and oxygen atoms in total. The average molecular weight is 392 g/mol. The molecule has 0 spiro atoms. The standard InChI is InChI=1S/C22H23N5O2/c1-2-15-10-19-20(26-22(15)29)9-14(11-24-19)13-27-7-5-16(6-8-27)18-4-3-17(12-25-18)21(23)28/h3-5,9-12H,2,6-8,13H2,1H3,(H2,23,28)(H,26,29)/i1D3. The van der Waals surface area contributed by atoms with Crippen LogP contribution in [0.15, 0.2) is 47.5 Å². The summed E-state index contributed by atoms with van der Waals surface area (Å²) in [5, 5.41) is 0. The third-order valence-electron chi connectivity index (χ3n) is 5.09. The second-order valence-electron chi connectivity index (χ2n) is 7.09. The maximum atomic E-state index is 12.3. The maximum absolute atomic E-state index is 12.3. The zero-order chi connectivity index (χ0) is 22.9. The Morgan fingerprint density at radius 2 is 2.21 bits per heavy atom. The van der Waals surface area contributed by atoms with E-state index in [1.807, 2.05) is 12.1 Å². The van der Waals surface area contributed by atoms with Crippen molar-refractivity contribution in [2.45, 2.75) is 26.2 Å². The van der Waals surface area contributed by atoms with Crippen LogP contribution in [0.2, 0.25) is 0 Å². The summed E-state index contributed by atoms with van der Waals surface area (Å²) in [5.41, 5.74) is 9.55. The summed E-state index contributed by atoms with van der Waals surface area (Å²) in [5.74, 6) is -0.494. The summed E-state index contributed by atoms with van der Waals surface area (Å²) < 4.78 is 22.1. The number of fused-ring (bicyclic) bond motifs is 1. The predicted octanol–water partition coefficient (Wildman–Crippen LogP) is 2.27. The van der Waals surface area contributed by atoms with E-state index in [9.17, 15) is 9.59 Å². The van der Waals surface area contributed by atoms with Crippen LogP contribution in [0, 0.1) is 0 Å².